The normalized spacial score (nSPS) is 28.3. The van der Waals surface area contributed by atoms with Gasteiger partial charge in [0.2, 0.25) is 0 Å². The fourth-order valence-electron chi connectivity index (χ4n) is 5.60. The smallest absolute Gasteiger partial charge is 0.410 e. The van der Waals surface area contributed by atoms with Gasteiger partial charge in [0.25, 0.3) is 0 Å². The lowest BCUT2D eigenvalue weighted by Crippen LogP contribution is -2.44. The number of nitriles is 1. The van der Waals surface area contributed by atoms with Gasteiger partial charge in [0, 0.05) is 13.1 Å². The Labute approximate surface area is 171 Å². The number of amides is 1. The van der Waals surface area contributed by atoms with Crippen LogP contribution in [0.25, 0.3) is 11.0 Å². The molecule has 6 nitrogen and oxygen atoms in total. The molecule has 2 heterocycles. The molecule has 2 atom stereocenters. The molecule has 0 bridgehead atoms. The number of carbonyl (C=O) groups excluding carboxylic acids is 1. The summed E-state index contributed by atoms with van der Waals surface area (Å²) in [5.74, 6) is 0.443. The first-order chi connectivity index (χ1) is 14.0. The van der Waals surface area contributed by atoms with Crippen LogP contribution >= 0.6 is 0 Å². The summed E-state index contributed by atoms with van der Waals surface area (Å²) >= 11 is 0. The molecule has 1 aromatic heterocycles. The fraction of sp³-hybridized carbons (Fsp3) is 0.609. The minimum Gasteiger partial charge on any atom is -0.441 e. The van der Waals surface area contributed by atoms with Crippen LogP contribution in [0.4, 0.5) is 4.79 Å². The summed E-state index contributed by atoms with van der Waals surface area (Å²) < 4.78 is 8.17. The Morgan fingerprint density at radius 2 is 2.17 bits per heavy atom. The first-order valence-electron chi connectivity index (χ1n) is 10.8. The van der Waals surface area contributed by atoms with Gasteiger partial charge in [-0.2, -0.15) is 5.26 Å². The number of rotatable bonds is 4. The average Bonchev–Trinajstić information content (AvgIpc) is 3.21. The van der Waals surface area contributed by atoms with Crippen molar-refractivity contribution >= 4 is 17.1 Å². The maximum atomic E-state index is 12.6. The van der Waals surface area contributed by atoms with Crippen LogP contribution < -0.4 is 0 Å². The molecule has 1 spiro atoms. The molecular weight excluding hydrogens is 364 g/mol. The van der Waals surface area contributed by atoms with Gasteiger partial charge in [-0.1, -0.05) is 13.3 Å². The summed E-state index contributed by atoms with van der Waals surface area (Å²) in [6, 6.07) is 7.84. The predicted octanol–water partition coefficient (Wildman–Crippen LogP) is 4.48. The highest BCUT2D eigenvalue weighted by Crippen LogP contribution is 2.45. The molecule has 2 saturated carbocycles. The highest BCUT2D eigenvalue weighted by molar-refractivity contribution is 5.77. The van der Waals surface area contributed by atoms with Crippen LogP contribution in [-0.2, 0) is 11.3 Å². The summed E-state index contributed by atoms with van der Waals surface area (Å²) in [6.07, 6.45) is 9.54. The van der Waals surface area contributed by atoms with E-state index in [1.54, 1.807) is 0 Å². The van der Waals surface area contributed by atoms with E-state index in [9.17, 15) is 10.1 Å². The third-order valence-corrected chi connectivity index (χ3v) is 7.28. The fourth-order valence-corrected chi connectivity index (χ4v) is 5.60. The number of carbonyl (C=O) groups is 1. The molecule has 1 aliphatic heterocycles. The van der Waals surface area contributed by atoms with E-state index in [2.05, 4.69) is 22.5 Å². The molecule has 2 aromatic rings. The molecule has 3 aliphatic rings. The summed E-state index contributed by atoms with van der Waals surface area (Å²) in [5.41, 5.74) is 2.54. The van der Waals surface area contributed by atoms with Gasteiger partial charge in [-0.25, -0.2) is 9.78 Å². The number of aromatic nitrogens is 2. The summed E-state index contributed by atoms with van der Waals surface area (Å²) in [5, 5.41) is 9.21. The number of hydrogen-bond acceptors (Lipinski definition) is 4. The van der Waals surface area contributed by atoms with Crippen molar-refractivity contribution in [2.45, 2.75) is 64.0 Å². The third kappa shape index (κ3) is 3.37. The molecule has 1 amide bonds. The maximum Gasteiger partial charge on any atom is 0.410 e. The maximum absolute atomic E-state index is 12.6. The number of fused-ring (bicyclic) bond motifs is 1. The van der Waals surface area contributed by atoms with Crippen molar-refractivity contribution in [1.82, 2.24) is 14.5 Å². The van der Waals surface area contributed by atoms with Gasteiger partial charge in [-0.05, 0) is 68.1 Å². The van der Waals surface area contributed by atoms with Gasteiger partial charge in [0.05, 0.1) is 35.5 Å². The van der Waals surface area contributed by atoms with Crippen molar-refractivity contribution in [3.05, 3.63) is 30.1 Å². The average molecular weight is 393 g/mol. The van der Waals surface area contributed by atoms with E-state index in [1.807, 2.05) is 29.4 Å². The van der Waals surface area contributed by atoms with Crippen molar-refractivity contribution in [3.8, 4) is 6.07 Å². The van der Waals surface area contributed by atoms with Crippen LogP contribution in [0, 0.1) is 22.7 Å². The standard InChI is InChI=1S/C23H28N4O2/c1-22(7-3-8-22)14-27-15-23(29-21(27)28)9-2-4-18(11-23)13-26-16-25-19-6-5-17(12-24)10-20(19)26/h5-6,10,16,18H,2-4,7-9,11,13-15H2,1H3. The van der Waals surface area contributed by atoms with Crippen LogP contribution in [-0.4, -0.2) is 39.2 Å². The molecule has 1 aromatic carbocycles. The number of benzene rings is 1. The van der Waals surface area contributed by atoms with Gasteiger partial charge in [-0.15, -0.1) is 0 Å². The van der Waals surface area contributed by atoms with Crippen molar-refractivity contribution < 1.29 is 9.53 Å². The van der Waals surface area contributed by atoms with E-state index >= 15 is 0 Å². The van der Waals surface area contributed by atoms with Crippen molar-refractivity contribution in [3.63, 3.8) is 0 Å². The summed E-state index contributed by atoms with van der Waals surface area (Å²) in [6.45, 7) is 4.71. The second-order valence-corrected chi connectivity index (χ2v) is 9.75. The molecule has 0 radical (unpaired) electrons. The highest BCUT2D eigenvalue weighted by atomic mass is 16.6. The molecule has 2 aliphatic carbocycles. The van der Waals surface area contributed by atoms with Gasteiger partial charge >= 0.3 is 6.09 Å². The van der Waals surface area contributed by atoms with Gasteiger partial charge in [0.1, 0.15) is 5.60 Å². The van der Waals surface area contributed by atoms with Crippen LogP contribution in [0.1, 0.15) is 57.4 Å². The number of ether oxygens (including phenoxy) is 1. The lowest BCUT2D eigenvalue weighted by molar-refractivity contribution is 0.00403. The molecular formula is C23H28N4O2. The molecule has 2 unspecified atom stereocenters. The zero-order chi connectivity index (χ0) is 20.1. The van der Waals surface area contributed by atoms with Gasteiger partial charge in [0.15, 0.2) is 0 Å². The quantitative estimate of drug-likeness (QED) is 0.769. The number of nitrogens with zero attached hydrogens (tertiary/aromatic N) is 4. The van der Waals surface area contributed by atoms with Gasteiger partial charge in [-0.3, -0.25) is 0 Å². The van der Waals surface area contributed by atoms with E-state index in [4.69, 9.17) is 4.74 Å². The van der Waals surface area contributed by atoms with Crippen molar-refractivity contribution in [1.29, 1.82) is 5.26 Å². The Morgan fingerprint density at radius 3 is 2.93 bits per heavy atom. The Kier molecular flexibility index (Phi) is 4.31. The zero-order valence-corrected chi connectivity index (χ0v) is 17.1. The minimum atomic E-state index is -0.325. The highest BCUT2D eigenvalue weighted by Gasteiger charge is 2.49. The molecule has 152 valence electrons. The van der Waals surface area contributed by atoms with Gasteiger partial charge < -0.3 is 14.2 Å². The zero-order valence-electron chi connectivity index (χ0n) is 17.1. The second kappa shape index (κ2) is 6.76. The lowest BCUT2D eigenvalue weighted by Gasteiger charge is -2.41. The lowest BCUT2D eigenvalue weighted by atomic mass is 9.70. The SMILES string of the molecule is CC1(CN2CC3(CCCC(Cn4cnc5ccc(C#N)cc54)C3)OC2=O)CCC1. The Bertz CT molecular complexity index is 986. The van der Waals surface area contributed by atoms with Crippen molar-refractivity contribution in [2.24, 2.45) is 11.3 Å². The van der Waals surface area contributed by atoms with E-state index in [0.29, 0.717) is 11.5 Å². The molecule has 6 heteroatoms. The van der Waals surface area contributed by atoms with E-state index in [0.717, 1.165) is 56.4 Å². The summed E-state index contributed by atoms with van der Waals surface area (Å²) in [7, 11) is 0. The van der Waals surface area contributed by atoms with Crippen LogP contribution in [0.5, 0.6) is 0 Å². The molecule has 5 rings (SSSR count). The molecule has 3 fully saturated rings. The first-order valence-corrected chi connectivity index (χ1v) is 10.8. The topological polar surface area (TPSA) is 71.2 Å². The van der Waals surface area contributed by atoms with Crippen LogP contribution in [0.15, 0.2) is 24.5 Å². The van der Waals surface area contributed by atoms with Crippen molar-refractivity contribution in [2.75, 3.05) is 13.1 Å². The van der Waals surface area contributed by atoms with E-state index in [1.165, 1.54) is 19.3 Å². The Balaban J connectivity index is 1.30. The van der Waals surface area contributed by atoms with E-state index < -0.39 is 0 Å². The Morgan fingerprint density at radius 1 is 1.31 bits per heavy atom. The Hall–Kier alpha value is -2.55. The first kappa shape index (κ1) is 18.5. The van der Waals surface area contributed by atoms with E-state index in [-0.39, 0.29) is 17.1 Å². The predicted molar refractivity (Wildman–Crippen MR) is 109 cm³/mol. The number of imidazole rings is 1. The summed E-state index contributed by atoms with van der Waals surface area (Å²) in [4.78, 5) is 19.0. The monoisotopic (exact) mass is 392 g/mol. The van der Waals surface area contributed by atoms with Crippen LogP contribution in [0.3, 0.4) is 0 Å². The largest absolute Gasteiger partial charge is 0.441 e. The second-order valence-electron chi connectivity index (χ2n) is 9.75. The molecule has 1 saturated heterocycles. The molecule has 29 heavy (non-hydrogen) atoms. The third-order valence-electron chi connectivity index (χ3n) is 7.28. The van der Waals surface area contributed by atoms with Crippen LogP contribution in [0.2, 0.25) is 0 Å². The number of hydrogen-bond donors (Lipinski definition) is 0. The molecule has 0 N–H and O–H groups in total. The minimum absolute atomic E-state index is 0.120.